The summed E-state index contributed by atoms with van der Waals surface area (Å²) in [6.45, 7) is 0. The van der Waals surface area contributed by atoms with Crippen molar-refractivity contribution in [3.8, 4) is 0 Å². The quantitative estimate of drug-likeness (QED) is 0.552. The van der Waals surface area contributed by atoms with Gasteiger partial charge < -0.3 is 0 Å². The zero-order valence-corrected chi connectivity index (χ0v) is 9.74. The van der Waals surface area contributed by atoms with Crippen molar-refractivity contribution < 1.29 is 0 Å². The van der Waals surface area contributed by atoms with Crippen molar-refractivity contribution >= 4 is 0 Å². The third kappa shape index (κ3) is 3.33. The van der Waals surface area contributed by atoms with E-state index >= 15 is 0 Å². The summed E-state index contributed by atoms with van der Waals surface area (Å²) in [5, 5.41) is 7.94. The monoisotopic (exact) mass is 232 g/mol. The molecule has 0 radical (unpaired) electrons. The highest BCUT2D eigenvalue weighted by atomic mass is 15.4. The first kappa shape index (κ1) is 11.7. The van der Waals surface area contributed by atoms with E-state index in [1.165, 1.54) is 0 Å². The summed E-state index contributed by atoms with van der Waals surface area (Å²) >= 11 is 0. The van der Waals surface area contributed by atoms with Crippen molar-refractivity contribution in [1.29, 1.82) is 0 Å². The van der Waals surface area contributed by atoms with Crippen LogP contribution in [0.15, 0.2) is 30.6 Å². The fraction of sp³-hybridized carbons (Fsp3) is 0.364. The van der Waals surface area contributed by atoms with Gasteiger partial charge in [0.25, 0.3) is 0 Å². The van der Waals surface area contributed by atoms with Crippen molar-refractivity contribution in [1.82, 2.24) is 25.4 Å². The van der Waals surface area contributed by atoms with E-state index in [-0.39, 0.29) is 6.04 Å². The molecule has 1 unspecified atom stereocenters. The molecule has 2 heterocycles. The van der Waals surface area contributed by atoms with E-state index in [1.54, 1.807) is 10.9 Å². The molecule has 0 fully saturated rings. The number of aryl methyl sites for hydroxylation is 1. The zero-order chi connectivity index (χ0) is 12.1. The molecule has 0 aromatic carbocycles. The molecule has 17 heavy (non-hydrogen) atoms. The molecule has 0 aliphatic carbocycles. The van der Waals surface area contributed by atoms with Gasteiger partial charge >= 0.3 is 0 Å². The molecular weight excluding hydrogens is 216 g/mol. The normalized spacial score (nSPS) is 12.6. The van der Waals surface area contributed by atoms with E-state index in [0.29, 0.717) is 0 Å². The van der Waals surface area contributed by atoms with Gasteiger partial charge in [0.1, 0.15) is 0 Å². The lowest BCUT2D eigenvalue weighted by Crippen LogP contribution is -2.38. The van der Waals surface area contributed by atoms with Crippen LogP contribution in [0.1, 0.15) is 11.4 Å². The largest absolute Gasteiger partial charge is 0.271 e. The second kappa shape index (κ2) is 5.51. The van der Waals surface area contributed by atoms with Gasteiger partial charge in [0.05, 0.1) is 5.69 Å². The zero-order valence-electron chi connectivity index (χ0n) is 9.74. The lowest BCUT2D eigenvalue weighted by atomic mass is 10.1. The second-order valence-corrected chi connectivity index (χ2v) is 3.98. The minimum atomic E-state index is 0.113. The van der Waals surface area contributed by atoms with Gasteiger partial charge in [-0.25, -0.2) is 0 Å². The lowest BCUT2D eigenvalue weighted by molar-refractivity contribution is 0.512. The van der Waals surface area contributed by atoms with Crippen LogP contribution in [0.4, 0.5) is 0 Å². The SMILES string of the molecule is Cn1cc(CC(Cc2ccccn2)NN)nn1. The molecule has 0 aliphatic heterocycles. The first-order valence-corrected chi connectivity index (χ1v) is 5.49. The Morgan fingerprint density at radius 1 is 1.35 bits per heavy atom. The van der Waals surface area contributed by atoms with Gasteiger partial charge in [-0.2, -0.15) is 0 Å². The van der Waals surface area contributed by atoms with Crippen molar-refractivity contribution in [2.24, 2.45) is 12.9 Å². The molecule has 0 spiro atoms. The molecule has 2 rings (SSSR count). The molecule has 2 aromatic heterocycles. The van der Waals surface area contributed by atoms with Crippen LogP contribution in [0.25, 0.3) is 0 Å². The summed E-state index contributed by atoms with van der Waals surface area (Å²) in [4.78, 5) is 4.28. The highest BCUT2D eigenvalue weighted by Gasteiger charge is 2.11. The topological polar surface area (TPSA) is 81.7 Å². The highest BCUT2D eigenvalue weighted by molar-refractivity contribution is 5.07. The van der Waals surface area contributed by atoms with Crippen LogP contribution in [-0.4, -0.2) is 26.0 Å². The van der Waals surface area contributed by atoms with Crippen LogP contribution in [-0.2, 0) is 19.9 Å². The maximum atomic E-state index is 5.54. The Morgan fingerprint density at radius 3 is 2.76 bits per heavy atom. The van der Waals surface area contributed by atoms with Crippen molar-refractivity contribution in [3.63, 3.8) is 0 Å². The number of pyridine rings is 1. The number of nitrogens with zero attached hydrogens (tertiary/aromatic N) is 4. The summed E-state index contributed by atoms with van der Waals surface area (Å²) in [7, 11) is 1.85. The number of aromatic nitrogens is 4. The smallest absolute Gasteiger partial charge is 0.0843 e. The average Bonchev–Trinajstić information content (AvgIpc) is 2.75. The summed E-state index contributed by atoms with van der Waals surface area (Å²) in [5.74, 6) is 5.54. The molecule has 0 bridgehead atoms. The van der Waals surface area contributed by atoms with Gasteiger partial charge in [0, 0.05) is 44.0 Å². The van der Waals surface area contributed by atoms with Crippen LogP contribution in [0.3, 0.4) is 0 Å². The van der Waals surface area contributed by atoms with E-state index < -0.39 is 0 Å². The summed E-state index contributed by atoms with van der Waals surface area (Å²) in [6.07, 6.45) is 5.18. The minimum Gasteiger partial charge on any atom is -0.271 e. The molecule has 90 valence electrons. The molecule has 0 saturated heterocycles. The van der Waals surface area contributed by atoms with Gasteiger partial charge in [0.2, 0.25) is 0 Å². The van der Waals surface area contributed by atoms with Crippen molar-refractivity contribution in [2.45, 2.75) is 18.9 Å². The second-order valence-electron chi connectivity index (χ2n) is 3.98. The molecule has 6 nitrogen and oxygen atoms in total. The molecule has 0 saturated carbocycles. The summed E-state index contributed by atoms with van der Waals surface area (Å²) in [6, 6.07) is 5.97. The van der Waals surface area contributed by atoms with Crippen LogP contribution in [0.2, 0.25) is 0 Å². The molecule has 0 aliphatic rings. The Balaban J connectivity index is 1.98. The number of nitrogens with two attached hydrogens (primary N) is 1. The standard InChI is InChI=1S/C11H16N6/c1-17-8-11(15-16-17)7-10(14-12)6-9-4-2-3-5-13-9/h2-5,8,10,14H,6-7,12H2,1H3. The van der Waals surface area contributed by atoms with Gasteiger partial charge in [0.15, 0.2) is 0 Å². The Bertz CT molecular complexity index is 452. The Kier molecular flexibility index (Phi) is 3.79. The van der Waals surface area contributed by atoms with E-state index in [9.17, 15) is 0 Å². The third-order valence-electron chi connectivity index (χ3n) is 2.52. The summed E-state index contributed by atoms with van der Waals surface area (Å²) < 4.78 is 1.68. The Labute approximate surface area is 99.8 Å². The minimum absolute atomic E-state index is 0.113. The van der Waals surface area contributed by atoms with Crippen molar-refractivity contribution in [3.05, 3.63) is 42.0 Å². The number of hydrogen-bond donors (Lipinski definition) is 2. The number of rotatable bonds is 5. The Hall–Kier alpha value is -1.79. The molecule has 2 aromatic rings. The fourth-order valence-corrected chi connectivity index (χ4v) is 1.70. The molecule has 6 heteroatoms. The summed E-state index contributed by atoms with van der Waals surface area (Å²) in [5.41, 5.74) is 4.73. The predicted molar refractivity (Wildman–Crippen MR) is 63.8 cm³/mol. The maximum Gasteiger partial charge on any atom is 0.0843 e. The van der Waals surface area contributed by atoms with E-state index in [2.05, 4.69) is 20.7 Å². The van der Waals surface area contributed by atoms with E-state index in [1.807, 2.05) is 31.4 Å². The number of hydrogen-bond acceptors (Lipinski definition) is 5. The first-order chi connectivity index (χ1) is 8.28. The molecule has 3 N–H and O–H groups in total. The van der Waals surface area contributed by atoms with Crippen molar-refractivity contribution in [2.75, 3.05) is 0 Å². The van der Waals surface area contributed by atoms with Crippen LogP contribution >= 0.6 is 0 Å². The van der Waals surface area contributed by atoms with Crippen LogP contribution in [0, 0.1) is 0 Å². The number of nitrogens with one attached hydrogen (secondary N) is 1. The van der Waals surface area contributed by atoms with Gasteiger partial charge in [-0.1, -0.05) is 11.3 Å². The van der Waals surface area contributed by atoms with Gasteiger partial charge in [-0.05, 0) is 12.1 Å². The third-order valence-corrected chi connectivity index (χ3v) is 2.52. The highest BCUT2D eigenvalue weighted by Crippen LogP contribution is 2.04. The van der Waals surface area contributed by atoms with Crippen LogP contribution in [0.5, 0.6) is 0 Å². The van der Waals surface area contributed by atoms with E-state index in [4.69, 9.17) is 5.84 Å². The molecule has 0 amide bonds. The first-order valence-electron chi connectivity index (χ1n) is 5.49. The number of hydrazine groups is 1. The molecule has 1 atom stereocenters. The lowest BCUT2D eigenvalue weighted by Gasteiger charge is -2.13. The fourth-order valence-electron chi connectivity index (χ4n) is 1.70. The van der Waals surface area contributed by atoms with Gasteiger partial charge in [-0.15, -0.1) is 5.10 Å². The van der Waals surface area contributed by atoms with Crippen LogP contribution < -0.4 is 11.3 Å². The molecular formula is C11H16N6. The average molecular weight is 232 g/mol. The van der Waals surface area contributed by atoms with Gasteiger partial charge in [-0.3, -0.25) is 20.9 Å². The van der Waals surface area contributed by atoms with E-state index in [0.717, 1.165) is 24.2 Å². The maximum absolute atomic E-state index is 5.54. The predicted octanol–water partition coefficient (Wildman–Crippen LogP) is -0.173. The Morgan fingerprint density at radius 2 is 2.18 bits per heavy atom.